The number of rotatable bonds is 5. The smallest absolute Gasteiger partial charge is 0.0982 e. The fourth-order valence-electron chi connectivity index (χ4n) is 3.15. The molecular weight excluding hydrogens is 264 g/mol. The molecule has 1 fully saturated rings. The van der Waals surface area contributed by atoms with E-state index in [-0.39, 0.29) is 5.41 Å². The Labute approximate surface area is 128 Å². The molecule has 1 saturated carbocycles. The van der Waals surface area contributed by atoms with Crippen LogP contribution in [0.1, 0.15) is 76.9 Å². The van der Waals surface area contributed by atoms with E-state index in [9.17, 15) is 0 Å². The molecule has 0 spiro atoms. The van der Waals surface area contributed by atoms with E-state index in [1.807, 2.05) is 0 Å². The minimum Gasteiger partial charge on any atom is -0.308 e. The summed E-state index contributed by atoms with van der Waals surface area (Å²) < 4.78 is 0. The van der Waals surface area contributed by atoms with Crippen molar-refractivity contribution < 1.29 is 0 Å². The highest BCUT2D eigenvalue weighted by Gasteiger charge is 2.22. The van der Waals surface area contributed by atoms with E-state index in [0.29, 0.717) is 6.04 Å². The summed E-state index contributed by atoms with van der Waals surface area (Å²) in [5, 5.41) is 7.24. The molecule has 114 valence electrons. The molecule has 1 unspecified atom stereocenters. The van der Waals surface area contributed by atoms with Gasteiger partial charge in [-0.1, -0.05) is 47.0 Å². The van der Waals surface area contributed by atoms with Gasteiger partial charge in [-0.05, 0) is 25.2 Å². The van der Waals surface area contributed by atoms with E-state index in [1.165, 1.54) is 49.2 Å². The Morgan fingerprint density at radius 1 is 1.30 bits per heavy atom. The highest BCUT2D eigenvalue weighted by Crippen LogP contribution is 2.28. The number of aromatic nitrogens is 1. The summed E-state index contributed by atoms with van der Waals surface area (Å²) in [5.41, 5.74) is 1.39. The standard InChI is InChI=1S/C17H30N2S/c1-5-15(13-9-7-6-8-10-13)18-11-14-12-20-16(19-14)17(2,3)4/h12-13,15,18H,5-11H2,1-4H3. The molecular formula is C17H30N2S. The van der Waals surface area contributed by atoms with Gasteiger partial charge in [0.15, 0.2) is 0 Å². The maximum absolute atomic E-state index is 4.79. The fraction of sp³-hybridized carbons (Fsp3) is 0.824. The number of hydrogen-bond acceptors (Lipinski definition) is 3. The molecule has 1 atom stereocenters. The van der Waals surface area contributed by atoms with Crippen LogP contribution in [0.5, 0.6) is 0 Å². The summed E-state index contributed by atoms with van der Waals surface area (Å²) >= 11 is 1.80. The first-order valence-corrected chi connectivity index (χ1v) is 9.07. The van der Waals surface area contributed by atoms with E-state index < -0.39 is 0 Å². The predicted octanol–water partition coefficient (Wildman–Crippen LogP) is 4.89. The zero-order chi connectivity index (χ0) is 14.6. The molecule has 3 heteroatoms. The molecule has 0 radical (unpaired) electrons. The zero-order valence-corrected chi connectivity index (χ0v) is 14.4. The molecule has 0 saturated heterocycles. The van der Waals surface area contributed by atoms with Crippen LogP contribution in [0, 0.1) is 5.92 Å². The van der Waals surface area contributed by atoms with Gasteiger partial charge < -0.3 is 5.32 Å². The SMILES string of the molecule is CCC(NCc1csc(C(C)(C)C)n1)C1CCCCC1. The topological polar surface area (TPSA) is 24.9 Å². The fourth-order valence-corrected chi connectivity index (χ4v) is 4.06. The lowest BCUT2D eigenvalue weighted by Crippen LogP contribution is -2.36. The third kappa shape index (κ3) is 4.29. The summed E-state index contributed by atoms with van der Waals surface area (Å²) in [6.07, 6.45) is 8.35. The summed E-state index contributed by atoms with van der Waals surface area (Å²) in [5.74, 6) is 0.884. The Balaban J connectivity index is 1.88. The van der Waals surface area contributed by atoms with Crippen LogP contribution >= 0.6 is 11.3 Å². The Morgan fingerprint density at radius 3 is 2.55 bits per heavy atom. The molecule has 1 aliphatic rings. The van der Waals surface area contributed by atoms with Gasteiger partial charge in [-0.15, -0.1) is 11.3 Å². The van der Waals surface area contributed by atoms with Crippen LogP contribution in [-0.4, -0.2) is 11.0 Å². The molecule has 1 aliphatic carbocycles. The van der Waals surface area contributed by atoms with Gasteiger partial charge in [-0.25, -0.2) is 4.98 Å². The summed E-state index contributed by atoms with van der Waals surface area (Å²) in [6, 6.07) is 0.676. The minimum atomic E-state index is 0.177. The highest BCUT2D eigenvalue weighted by molar-refractivity contribution is 7.09. The van der Waals surface area contributed by atoms with E-state index in [0.717, 1.165) is 12.5 Å². The number of hydrogen-bond donors (Lipinski definition) is 1. The Kier molecular flexibility index (Phi) is 5.62. The summed E-state index contributed by atoms with van der Waals surface area (Å²) in [6.45, 7) is 9.95. The molecule has 2 nitrogen and oxygen atoms in total. The van der Waals surface area contributed by atoms with Crippen LogP contribution in [0.25, 0.3) is 0 Å². The average molecular weight is 295 g/mol. The molecule has 0 aliphatic heterocycles. The van der Waals surface area contributed by atoms with Crippen molar-refractivity contribution in [2.24, 2.45) is 5.92 Å². The van der Waals surface area contributed by atoms with Crippen molar-refractivity contribution in [3.05, 3.63) is 16.1 Å². The second kappa shape index (κ2) is 7.04. The Bertz CT molecular complexity index is 399. The van der Waals surface area contributed by atoms with Crippen LogP contribution < -0.4 is 5.32 Å². The van der Waals surface area contributed by atoms with Crippen LogP contribution in [0.15, 0.2) is 5.38 Å². The normalized spacial score (nSPS) is 19.2. The number of nitrogens with zero attached hydrogens (tertiary/aromatic N) is 1. The Morgan fingerprint density at radius 2 is 2.00 bits per heavy atom. The number of nitrogens with one attached hydrogen (secondary N) is 1. The van der Waals surface area contributed by atoms with Crippen molar-refractivity contribution in [2.45, 2.75) is 84.2 Å². The first-order chi connectivity index (χ1) is 9.50. The summed E-state index contributed by atoms with van der Waals surface area (Å²) in [7, 11) is 0. The monoisotopic (exact) mass is 294 g/mol. The molecule has 1 aromatic heterocycles. The molecule has 0 amide bonds. The van der Waals surface area contributed by atoms with Gasteiger partial charge in [-0.3, -0.25) is 0 Å². The third-order valence-electron chi connectivity index (χ3n) is 4.40. The van der Waals surface area contributed by atoms with Crippen molar-refractivity contribution in [3.63, 3.8) is 0 Å². The highest BCUT2D eigenvalue weighted by atomic mass is 32.1. The average Bonchev–Trinajstić information content (AvgIpc) is 2.89. The lowest BCUT2D eigenvalue weighted by molar-refractivity contribution is 0.261. The second-order valence-corrected chi connectivity index (χ2v) is 8.05. The van der Waals surface area contributed by atoms with Gasteiger partial charge in [0, 0.05) is 23.4 Å². The minimum absolute atomic E-state index is 0.177. The third-order valence-corrected chi connectivity index (χ3v) is 5.71. The van der Waals surface area contributed by atoms with Crippen LogP contribution in [-0.2, 0) is 12.0 Å². The van der Waals surface area contributed by atoms with Crippen molar-refractivity contribution in [3.8, 4) is 0 Å². The van der Waals surface area contributed by atoms with Crippen molar-refractivity contribution >= 4 is 11.3 Å². The molecule has 20 heavy (non-hydrogen) atoms. The van der Waals surface area contributed by atoms with Gasteiger partial charge in [0.25, 0.3) is 0 Å². The first kappa shape index (κ1) is 16.0. The lowest BCUT2D eigenvalue weighted by Gasteiger charge is -2.30. The molecule has 2 rings (SSSR count). The van der Waals surface area contributed by atoms with E-state index >= 15 is 0 Å². The zero-order valence-electron chi connectivity index (χ0n) is 13.5. The lowest BCUT2D eigenvalue weighted by atomic mass is 9.83. The second-order valence-electron chi connectivity index (χ2n) is 7.19. The van der Waals surface area contributed by atoms with Gasteiger partial charge >= 0.3 is 0 Å². The maximum Gasteiger partial charge on any atom is 0.0982 e. The van der Waals surface area contributed by atoms with Gasteiger partial charge in [0.1, 0.15) is 0 Å². The van der Waals surface area contributed by atoms with Crippen LogP contribution in [0.2, 0.25) is 0 Å². The van der Waals surface area contributed by atoms with Crippen molar-refractivity contribution in [1.29, 1.82) is 0 Å². The quantitative estimate of drug-likeness (QED) is 0.836. The molecule has 1 heterocycles. The van der Waals surface area contributed by atoms with Gasteiger partial charge in [0.2, 0.25) is 0 Å². The maximum atomic E-state index is 4.79. The molecule has 0 aromatic carbocycles. The largest absolute Gasteiger partial charge is 0.308 e. The number of thiazole rings is 1. The Hall–Kier alpha value is -0.410. The van der Waals surface area contributed by atoms with E-state index in [4.69, 9.17) is 4.98 Å². The van der Waals surface area contributed by atoms with Crippen LogP contribution in [0.3, 0.4) is 0 Å². The van der Waals surface area contributed by atoms with Gasteiger partial charge in [-0.2, -0.15) is 0 Å². The molecule has 0 bridgehead atoms. The van der Waals surface area contributed by atoms with Gasteiger partial charge in [0.05, 0.1) is 10.7 Å². The summed E-state index contributed by atoms with van der Waals surface area (Å²) in [4.78, 5) is 4.79. The van der Waals surface area contributed by atoms with E-state index in [1.54, 1.807) is 11.3 Å². The first-order valence-electron chi connectivity index (χ1n) is 8.19. The molecule has 1 aromatic rings. The predicted molar refractivity (Wildman–Crippen MR) is 88.3 cm³/mol. The van der Waals surface area contributed by atoms with E-state index in [2.05, 4.69) is 38.4 Å². The van der Waals surface area contributed by atoms with Crippen molar-refractivity contribution in [1.82, 2.24) is 10.3 Å². The van der Waals surface area contributed by atoms with Crippen LogP contribution in [0.4, 0.5) is 0 Å². The molecule has 1 N–H and O–H groups in total. The van der Waals surface area contributed by atoms with Crippen molar-refractivity contribution in [2.75, 3.05) is 0 Å².